The van der Waals surface area contributed by atoms with Crippen LogP contribution in [-0.2, 0) is 11.3 Å². The Morgan fingerprint density at radius 2 is 1.56 bits per heavy atom. The second-order valence-corrected chi connectivity index (χ2v) is 9.74. The van der Waals surface area contributed by atoms with E-state index in [9.17, 15) is 4.79 Å². The summed E-state index contributed by atoms with van der Waals surface area (Å²) in [6.45, 7) is 4.90. The lowest BCUT2D eigenvalue weighted by molar-refractivity contribution is -0.113. The minimum absolute atomic E-state index is 0.0702. The topological polar surface area (TPSA) is 25.2 Å². The van der Waals surface area contributed by atoms with Crippen LogP contribution in [-0.4, -0.2) is 14.8 Å². The highest BCUT2D eigenvalue weighted by Gasteiger charge is 2.33. The third-order valence-electron chi connectivity index (χ3n) is 5.67. The summed E-state index contributed by atoms with van der Waals surface area (Å²) in [5.74, 6) is -0.0702. The molecule has 0 spiro atoms. The average molecular weight is 455 g/mol. The van der Waals surface area contributed by atoms with Gasteiger partial charge in [-0.15, -0.1) is 0 Å². The largest absolute Gasteiger partial charge is 0.342 e. The number of amides is 1. The fourth-order valence-electron chi connectivity index (χ4n) is 3.94. The summed E-state index contributed by atoms with van der Waals surface area (Å²) in [5, 5.41) is 1.13. The lowest BCUT2D eigenvalue weighted by Gasteiger charge is -2.14. The number of nitrogens with zero attached hydrogens (tertiary/aromatic N) is 2. The summed E-state index contributed by atoms with van der Waals surface area (Å²) >= 11 is 6.90. The molecule has 4 aromatic rings. The SMILES string of the molecule is Cc1ccc(Cn2cc(/C=C3\SC(=S)N(c4ccc(C)cc4)C3=O)c3ccccc32)cc1. The maximum Gasteiger partial charge on any atom is 0.270 e. The molecule has 5 heteroatoms. The highest BCUT2D eigenvalue weighted by atomic mass is 32.2. The van der Waals surface area contributed by atoms with Crippen molar-refractivity contribution in [3.8, 4) is 0 Å². The summed E-state index contributed by atoms with van der Waals surface area (Å²) in [6, 6.07) is 24.8. The number of thiocarbonyl (C=S) groups is 1. The molecule has 1 aliphatic rings. The van der Waals surface area contributed by atoms with E-state index in [1.807, 2.05) is 43.3 Å². The number of aromatic nitrogens is 1. The van der Waals surface area contributed by atoms with Crippen LogP contribution in [0.4, 0.5) is 5.69 Å². The lowest BCUT2D eigenvalue weighted by atomic mass is 10.1. The Bertz CT molecular complexity index is 1370. The molecule has 0 bridgehead atoms. The molecule has 0 N–H and O–H groups in total. The number of hydrogen-bond donors (Lipinski definition) is 0. The molecule has 0 radical (unpaired) electrons. The molecule has 5 rings (SSSR count). The number of anilines is 1. The predicted molar refractivity (Wildman–Crippen MR) is 139 cm³/mol. The Morgan fingerprint density at radius 3 is 2.28 bits per heavy atom. The lowest BCUT2D eigenvalue weighted by Crippen LogP contribution is -2.27. The molecule has 3 nitrogen and oxygen atoms in total. The zero-order valence-corrected chi connectivity index (χ0v) is 19.5. The van der Waals surface area contributed by atoms with E-state index in [-0.39, 0.29) is 5.91 Å². The Kier molecular flexibility index (Phi) is 5.45. The van der Waals surface area contributed by atoms with Crippen molar-refractivity contribution in [2.45, 2.75) is 20.4 Å². The minimum Gasteiger partial charge on any atom is -0.342 e. The normalized spacial score (nSPS) is 15.3. The summed E-state index contributed by atoms with van der Waals surface area (Å²) in [6.07, 6.45) is 4.10. The van der Waals surface area contributed by atoms with Gasteiger partial charge in [0.15, 0.2) is 4.32 Å². The van der Waals surface area contributed by atoms with E-state index in [0.717, 1.165) is 34.3 Å². The zero-order chi connectivity index (χ0) is 22.2. The van der Waals surface area contributed by atoms with Crippen molar-refractivity contribution in [1.29, 1.82) is 0 Å². The Hall–Kier alpha value is -3.15. The molecular formula is C27H22N2OS2. The van der Waals surface area contributed by atoms with Crippen molar-refractivity contribution >= 4 is 56.9 Å². The van der Waals surface area contributed by atoms with Gasteiger partial charge in [0, 0.05) is 29.2 Å². The van der Waals surface area contributed by atoms with E-state index in [2.05, 4.69) is 60.2 Å². The number of thioether (sulfide) groups is 1. The molecule has 32 heavy (non-hydrogen) atoms. The molecule has 0 unspecified atom stereocenters. The van der Waals surface area contributed by atoms with Gasteiger partial charge >= 0.3 is 0 Å². The van der Waals surface area contributed by atoms with Gasteiger partial charge in [-0.2, -0.15) is 0 Å². The van der Waals surface area contributed by atoms with Gasteiger partial charge in [-0.25, -0.2) is 0 Å². The van der Waals surface area contributed by atoms with Crippen molar-refractivity contribution in [2.24, 2.45) is 0 Å². The zero-order valence-electron chi connectivity index (χ0n) is 17.9. The fraction of sp³-hybridized carbons (Fsp3) is 0.111. The van der Waals surface area contributed by atoms with Crippen LogP contribution in [0.2, 0.25) is 0 Å². The molecule has 0 saturated carbocycles. The smallest absolute Gasteiger partial charge is 0.270 e. The van der Waals surface area contributed by atoms with Gasteiger partial charge in [0.05, 0.1) is 10.6 Å². The Labute approximate surface area is 197 Å². The monoisotopic (exact) mass is 454 g/mol. The van der Waals surface area contributed by atoms with Crippen LogP contribution in [0.25, 0.3) is 17.0 Å². The molecule has 0 aliphatic carbocycles. The van der Waals surface area contributed by atoms with E-state index < -0.39 is 0 Å². The first-order chi connectivity index (χ1) is 15.5. The second kappa shape index (κ2) is 8.41. The van der Waals surface area contributed by atoms with E-state index in [0.29, 0.717) is 9.23 Å². The van der Waals surface area contributed by atoms with Crippen LogP contribution in [0.5, 0.6) is 0 Å². The summed E-state index contributed by atoms with van der Waals surface area (Å²) in [7, 11) is 0. The Balaban J connectivity index is 1.51. The molecule has 1 aromatic heterocycles. The molecule has 1 aliphatic heterocycles. The minimum atomic E-state index is -0.0702. The summed E-state index contributed by atoms with van der Waals surface area (Å²) in [4.78, 5) is 15.5. The average Bonchev–Trinajstić information content (AvgIpc) is 3.27. The number of carbonyl (C=O) groups excluding carboxylic acids is 1. The number of carbonyl (C=O) groups is 1. The third kappa shape index (κ3) is 3.90. The number of rotatable bonds is 4. The first-order valence-electron chi connectivity index (χ1n) is 10.5. The first kappa shape index (κ1) is 20.7. The van der Waals surface area contributed by atoms with Crippen LogP contribution < -0.4 is 4.90 Å². The van der Waals surface area contributed by atoms with E-state index in [1.165, 1.54) is 22.9 Å². The predicted octanol–water partition coefficient (Wildman–Crippen LogP) is 6.71. The fourth-order valence-corrected chi connectivity index (χ4v) is 5.23. The number of benzene rings is 3. The van der Waals surface area contributed by atoms with Gasteiger partial charge in [-0.3, -0.25) is 9.69 Å². The second-order valence-electron chi connectivity index (χ2n) is 8.07. The number of hydrogen-bond acceptors (Lipinski definition) is 3. The van der Waals surface area contributed by atoms with Gasteiger partial charge in [0.25, 0.3) is 5.91 Å². The Morgan fingerprint density at radius 1 is 0.906 bits per heavy atom. The van der Waals surface area contributed by atoms with Crippen molar-refractivity contribution in [3.05, 3.63) is 106 Å². The van der Waals surface area contributed by atoms with E-state index in [4.69, 9.17) is 12.2 Å². The van der Waals surface area contributed by atoms with Crippen molar-refractivity contribution in [1.82, 2.24) is 4.57 Å². The van der Waals surface area contributed by atoms with Crippen molar-refractivity contribution < 1.29 is 4.79 Å². The first-order valence-corrected chi connectivity index (χ1v) is 11.7. The molecule has 1 fully saturated rings. The van der Waals surface area contributed by atoms with Crippen LogP contribution in [0.15, 0.2) is 83.9 Å². The molecule has 3 aromatic carbocycles. The van der Waals surface area contributed by atoms with E-state index >= 15 is 0 Å². The molecule has 1 saturated heterocycles. The quantitative estimate of drug-likeness (QED) is 0.253. The third-order valence-corrected chi connectivity index (χ3v) is 6.97. The summed E-state index contributed by atoms with van der Waals surface area (Å²) in [5.41, 5.74) is 6.63. The highest BCUT2D eigenvalue weighted by molar-refractivity contribution is 8.27. The molecule has 1 amide bonds. The van der Waals surface area contributed by atoms with Gasteiger partial charge in [0.2, 0.25) is 0 Å². The number of aryl methyl sites for hydroxylation is 2. The van der Waals surface area contributed by atoms with Gasteiger partial charge in [-0.1, -0.05) is 89.7 Å². The van der Waals surface area contributed by atoms with Crippen LogP contribution in [0.1, 0.15) is 22.3 Å². The summed E-state index contributed by atoms with van der Waals surface area (Å²) < 4.78 is 2.81. The van der Waals surface area contributed by atoms with Crippen LogP contribution in [0, 0.1) is 13.8 Å². The molecule has 2 heterocycles. The molecule has 0 atom stereocenters. The standard InChI is InChI=1S/C27H22N2OS2/c1-18-7-11-20(12-8-18)16-28-17-21(23-5-3-4-6-24(23)28)15-25-26(30)29(27(31)32-25)22-13-9-19(2)10-14-22/h3-15,17H,16H2,1-2H3/b25-15-. The maximum absolute atomic E-state index is 13.2. The van der Waals surface area contributed by atoms with Crippen molar-refractivity contribution in [2.75, 3.05) is 4.90 Å². The van der Waals surface area contributed by atoms with Crippen LogP contribution >= 0.6 is 24.0 Å². The molecule has 158 valence electrons. The van der Waals surface area contributed by atoms with Gasteiger partial charge in [0.1, 0.15) is 0 Å². The van der Waals surface area contributed by atoms with Gasteiger partial charge in [-0.05, 0) is 43.7 Å². The molecular weight excluding hydrogens is 432 g/mol. The van der Waals surface area contributed by atoms with Crippen molar-refractivity contribution in [3.63, 3.8) is 0 Å². The van der Waals surface area contributed by atoms with Crippen LogP contribution in [0.3, 0.4) is 0 Å². The van der Waals surface area contributed by atoms with E-state index in [1.54, 1.807) is 4.90 Å². The number of fused-ring (bicyclic) bond motifs is 1. The highest BCUT2D eigenvalue weighted by Crippen LogP contribution is 2.37. The maximum atomic E-state index is 13.2. The van der Waals surface area contributed by atoms with Gasteiger partial charge < -0.3 is 4.57 Å². The number of para-hydroxylation sites is 1.